The van der Waals surface area contributed by atoms with Crippen LogP contribution in [-0.2, 0) is 4.84 Å². The second kappa shape index (κ2) is 7.24. The Labute approximate surface area is 89.4 Å². The van der Waals surface area contributed by atoms with Crippen LogP contribution in [0.1, 0.15) is 60.3 Å². The molecule has 0 fully saturated rings. The Morgan fingerprint density at radius 1 is 1.21 bits per heavy atom. The molecule has 0 aliphatic carbocycles. The molecule has 0 saturated heterocycles. The number of nitrogens with one attached hydrogen (secondary N) is 1. The Hall–Kier alpha value is -0.0800. The summed E-state index contributed by atoms with van der Waals surface area (Å²) in [6.07, 6.45) is 5.17. The van der Waals surface area contributed by atoms with Gasteiger partial charge in [-0.05, 0) is 33.1 Å². The monoisotopic (exact) mass is 201 g/mol. The van der Waals surface area contributed by atoms with Crippen molar-refractivity contribution in [3.8, 4) is 0 Å². The summed E-state index contributed by atoms with van der Waals surface area (Å²) in [4.78, 5) is 5.49. The van der Waals surface area contributed by atoms with Gasteiger partial charge in [0.15, 0.2) is 0 Å². The van der Waals surface area contributed by atoms with E-state index in [1.165, 1.54) is 25.7 Å². The van der Waals surface area contributed by atoms with Crippen LogP contribution in [0.25, 0.3) is 0 Å². The topological polar surface area (TPSA) is 21.3 Å². The molecule has 86 valence electrons. The van der Waals surface area contributed by atoms with E-state index in [1.54, 1.807) is 0 Å². The zero-order valence-electron chi connectivity index (χ0n) is 10.5. The molecule has 1 unspecified atom stereocenters. The van der Waals surface area contributed by atoms with Gasteiger partial charge in [-0.25, -0.2) is 5.48 Å². The molecular formula is C12H27NO. The lowest BCUT2D eigenvalue weighted by Gasteiger charge is -2.22. The van der Waals surface area contributed by atoms with Gasteiger partial charge in [0.2, 0.25) is 0 Å². The van der Waals surface area contributed by atoms with Crippen molar-refractivity contribution in [3.63, 3.8) is 0 Å². The summed E-state index contributed by atoms with van der Waals surface area (Å²) in [6.45, 7) is 11.7. The zero-order valence-corrected chi connectivity index (χ0v) is 10.5. The van der Waals surface area contributed by atoms with E-state index in [9.17, 15) is 0 Å². The second-order valence-corrected chi connectivity index (χ2v) is 4.98. The molecule has 1 atom stereocenters. The molecule has 14 heavy (non-hydrogen) atoms. The fraction of sp³-hybridized carbons (Fsp3) is 1.00. The molecule has 0 aliphatic rings. The van der Waals surface area contributed by atoms with Crippen LogP contribution in [0.4, 0.5) is 0 Å². The van der Waals surface area contributed by atoms with Crippen molar-refractivity contribution < 1.29 is 4.84 Å². The fourth-order valence-electron chi connectivity index (χ4n) is 1.32. The first kappa shape index (κ1) is 13.9. The van der Waals surface area contributed by atoms with Crippen molar-refractivity contribution in [2.75, 3.05) is 6.54 Å². The molecule has 0 aromatic heterocycles. The van der Waals surface area contributed by atoms with Crippen molar-refractivity contribution in [3.05, 3.63) is 0 Å². The van der Waals surface area contributed by atoms with E-state index < -0.39 is 0 Å². The van der Waals surface area contributed by atoms with Crippen LogP contribution in [0.5, 0.6) is 0 Å². The van der Waals surface area contributed by atoms with E-state index in [1.807, 2.05) is 0 Å². The zero-order chi connectivity index (χ0) is 11.0. The van der Waals surface area contributed by atoms with Crippen LogP contribution in [0.3, 0.4) is 0 Å². The Bertz CT molecular complexity index is 129. The molecular weight excluding hydrogens is 174 g/mol. The predicted molar refractivity (Wildman–Crippen MR) is 62.1 cm³/mol. The quantitative estimate of drug-likeness (QED) is 0.636. The summed E-state index contributed by atoms with van der Waals surface area (Å²) in [5.41, 5.74) is 3.00. The molecule has 2 nitrogen and oxygen atoms in total. The smallest absolute Gasteiger partial charge is 0.0812 e. The Kier molecular flexibility index (Phi) is 7.20. The minimum Gasteiger partial charge on any atom is -0.296 e. The van der Waals surface area contributed by atoms with E-state index in [0.29, 0.717) is 0 Å². The summed E-state index contributed by atoms with van der Waals surface area (Å²) in [5, 5.41) is 0. The molecule has 0 amide bonds. The number of rotatable bonds is 7. The first-order valence-corrected chi connectivity index (χ1v) is 5.90. The fourth-order valence-corrected chi connectivity index (χ4v) is 1.32. The largest absolute Gasteiger partial charge is 0.296 e. The van der Waals surface area contributed by atoms with E-state index in [0.717, 1.165) is 12.5 Å². The highest BCUT2D eigenvalue weighted by atomic mass is 16.7. The molecule has 0 bridgehead atoms. The lowest BCUT2D eigenvalue weighted by Crippen LogP contribution is -2.32. The third-order valence-corrected chi connectivity index (χ3v) is 2.29. The van der Waals surface area contributed by atoms with E-state index in [4.69, 9.17) is 4.84 Å². The van der Waals surface area contributed by atoms with Crippen molar-refractivity contribution >= 4 is 0 Å². The number of hydrogen-bond acceptors (Lipinski definition) is 2. The van der Waals surface area contributed by atoms with Gasteiger partial charge in [-0.1, -0.05) is 33.1 Å². The minimum atomic E-state index is -0.0803. The van der Waals surface area contributed by atoms with E-state index in [2.05, 4.69) is 40.1 Å². The molecule has 0 saturated carbocycles. The Balaban J connectivity index is 3.52. The molecule has 0 rings (SSSR count). The highest BCUT2D eigenvalue weighted by Crippen LogP contribution is 2.12. The molecule has 0 aromatic carbocycles. The maximum atomic E-state index is 5.49. The number of hydroxylamine groups is 1. The normalized spacial score (nSPS) is 14.4. The molecule has 0 spiro atoms. The third kappa shape index (κ3) is 8.52. The first-order valence-electron chi connectivity index (χ1n) is 5.90. The molecule has 2 heteroatoms. The molecule has 0 aliphatic heterocycles. The summed E-state index contributed by atoms with van der Waals surface area (Å²) < 4.78 is 0. The van der Waals surface area contributed by atoms with Gasteiger partial charge in [0.05, 0.1) is 5.60 Å². The Morgan fingerprint density at radius 3 is 2.29 bits per heavy atom. The van der Waals surface area contributed by atoms with Crippen molar-refractivity contribution in [2.24, 2.45) is 5.92 Å². The van der Waals surface area contributed by atoms with Crippen molar-refractivity contribution in [2.45, 2.75) is 65.9 Å². The third-order valence-electron chi connectivity index (χ3n) is 2.29. The number of unbranched alkanes of at least 4 members (excludes halogenated alkanes) is 1. The van der Waals surface area contributed by atoms with E-state index in [-0.39, 0.29) is 5.60 Å². The summed E-state index contributed by atoms with van der Waals surface area (Å²) >= 11 is 0. The van der Waals surface area contributed by atoms with Crippen LogP contribution in [-0.4, -0.2) is 12.1 Å². The van der Waals surface area contributed by atoms with Gasteiger partial charge in [-0.3, -0.25) is 4.84 Å². The van der Waals surface area contributed by atoms with Crippen molar-refractivity contribution in [1.29, 1.82) is 0 Å². The average molecular weight is 201 g/mol. The van der Waals surface area contributed by atoms with Crippen molar-refractivity contribution in [1.82, 2.24) is 5.48 Å². The SMILES string of the molecule is CCCCC(CC)CNOC(C)(C)C. The molecule has 0 aromatic rings. The predicted octanol–water partition coefficient (Wildman–Crippen LogP) is 3.52. The van der Waals surface area contributed by atoms with Crippen LogP contribution in [0.15, 0.2) is 0 Å². The highest BCUT2D eigenvalue weighted by Gasteiger charge is 2.11. The second-order valence-electron chi connectivity index (χ2n) is 4.98. The van der Waals surface area contributed by atoms with Gasteiger partial charge < -0.3 is 0 Å². The Morgan fingerprint density at radius 2 is 1.86 bits per heavy atom. The van der Waals surface area contributed by atoms with Gasteiger partial charge in [-0.2, -0.15) is 0 Å². The maximum Gasteiger partial charge on any atom is 0.0812 e. The van der Waals surface area contributed by atoms with Crippen LogP contribution >= 0.6 is 0 Å². The highest BCUT2D eigenvalue weighted by molar-refractivity contribution is 4.60. The van der Waals surface area contributed by atoms with Gasteiger partial charge in [0.25, 0.3) is 0 Å². The van der Waals surface area contributed by atoms with Crippen LogP contribution in [0.2, 0.25) is 0 Å². The molecule has 0 radical (unpaired) electrons. The summed E-state index contributed by atoms with van der Waals surface area (Å²) in [7, 11) is 0. The maximum absolute atomic E-state index is 5.49. The first-order chi connectivity index (χ1) is 6.49. The molecule has 1 N–H and O–H groups in total. The van der Waals surface area contributed by atoms with Gasteiger partial charge in [0.1, 0.15) is 0 Å². The van der Waals surface area contributed by atoms with Gasteiger partial charge >= 0.3 is 0 Å². The van der Waals surface area contributed by atoms with Gasteiger partial charge in [0, 0.05) is 6.54 Å². The minimum absolute atomic E-state index is 0.0803. The average Bonchev–Trinajstić information content (AvgIpc) is 2.09. The lowest BCUT2D eigenvalue weighted by atomic mass is 10.00. The van der Waals surface area contributed by atoms with E-state index >= 15 is 0 Å². The number of hydrogen-bond donors (Lipinski definition) is 1. The molecule has 0 heterocycles. The van der Waals surface area contributed by atoms with Gasteiger partial charge in [-0.15, -0.1) is 0 Å². The lowest BCUT2D eigenvalue weighted by molar-refractivity contribution is -0.0774. The van der Waals surface area contributed by atoms with Crippen LogP contribution in [0, 0.1) is 5.92 Å². The standard InChI is InChI=1S/C12H27NO/c1-6-8-9-11(7-2)10-13-14-12(3,4)5/h11,13H,6-10H2,1-5H3. The van der Waals surface area contributed by atoms with Crippen LogP contribution < -0.4 is 5.48 Å². The summed E-state index contributed by atoms with van der Waals surface area (Å²) in [5.74, 6) is 0.761. The summed E-state index contributed by atoms with van der Waals surface area (Å²) in [6, 6.07) is 0.